The number of unbranched alkanes of at least 4 members (excludes halogenated alkanes) is 3. The molecule has 0 aliphatic heterocycles. The predicted octanol–water partition coefficient (Wildman–Crippen LogP) is 8.60. The minimum atomic E-state index is 1.16. The molecule has 1 heteroatoms. The highest BCUT2D eigenvalue weighted by Crippen LogP contribution is 2.34. The zero-order valence-electron chi connectivity index (χ0n) is 20.0. The van der Waals surface area contributed by atoms with E-state index in [2.05, 4.69) is 85.8 Å². The molecule has 32 heavy (non-hydrogen) atoms. The maximum atomic E-state index is 2.43. The topological polar surface area (TPSA) is 3.24 Å². The van der Waals surface area contributed by atoms with E-state index in [-0.39, 0.29) is 0 Å². The highest BCUT2D eigenvalue weighted by atomic mass is 15.0. The largest absolute Gasteiger partial charge is 0.312 e. The van der Waals surface area contributed by atoms with Crippen molar-refractivity contribution in [1.82, 2.24) is 4.90 Å². The molecule has 164 valence electrons. The minimum Gasteiger partial charge on any atom is -0.312 e. The van der Waals surface area contributed by atoms with Crippen LogP contribution in [-0.4, -0.2) is 26.0 Å². The zero-order valence-corrected chi connectivity index (χ0v) is 20.0. The van der Waals surface area contributed by atoms with Gasteiger partial charge in [0.15, 0.2) is 0 Å². The van der Waals surface area contributed by atoms with Gasteiger partial charge in [0.05, 0.1) is 0 Å². The Morgan fingerprint density at radius 3 is 1.72 bits per heavy atom. The fraction of sp³-hybridized carbons (Fsp3) is 0.290. The normalized spacial score (nSPS) is 11.4. The molecule has 0 aromatic heterocycles. The summed E-state index contributed by atoms with van der Waals surface area (Å²) in [5, 5.41) is 10.9. The van der Waals surface area contributed by atoms with Crippen LogP contribution >= 0.6 is 0 Å². The summed E-state index contributed by atoms with van der Waals surface area (Å²) in [6, 6.07) is 29.4. The van der Waals surface area contributed by atoms with Gasteiger partial charge in [-0.3, -0.25) is 0 Å². The number of hydrogen-bond donors (Lipinski definition) is 0. The highest BCUT2D eigenvalue weighted by molar-refractivity contribution is 6.10. The van der Waals surface area contributed by atoms with E-state index in [9.17, 15) is 0 Å². The van der Waals surface area contributed by atoms with E-state index in [1.165, 1.54) is 74.3 Å². The standard InChI is InChI=1S/C28H26.C3H9N/c1-2-3-4-5-14-27-26-13-9-8-12-22(26)17-25-18-23-15-20-10-6-7-11-21(20)16-24(23)19-28(25)27;1-4(2)3/h6-13,15-19H,2-5,14H2,1H3;1-3H3. The van der Waals surface area contributed by atoms with E-state index in [4.69, 9.17) is 0 Å². The Hall–Kier alpha value is -2.90. The third-order valence-corrected chi connectivity index (χ3v) is 6.08. The molecule has 0 amide bonds. The number of benzene rings is 5. The summed E-state index contributed by atoms with van der Waals surface area (Å²) >= 11 is 0. The first-order valence-electron chi connectivity index (χ1n) is 11.9. The van der Waals surface area contributed by atoms with Gasteiger partial charge in [-0.2, -0.15) is 0 Å². The lowest BCUT2D eigenvalue weighted by atomic mass is 9.91. The van der Waals surface area contributed by atoms with Crippen molar-refractivity contribution in [3.05, 3.63) is 84.4 Å². The second-order valence-electron chi connectivity index (χ2n) is 9.35. The average Bonchev–Trinajstić information content (AvgIpc) is 2.78. The van der Waals surface area contributed by atoms with Gasteiger partial charge in [0.25, 0.3) is 0 Å². The molecule has 0 N–H and O–H groups in total. The van der Waals surface area contributed by atoms with Gasteiger partial charge < -0.3 is 4.90 Å². The highest BCUT2D eigenvalue weighted by Gasteiger charge is 2.09. The molecule has 0 unspecified atom stereocenters. The quantitative estimate of drug-likeness (QED) is 0.203. The molecule has 0 aliphatic carbocycles. The number of rotatable bonds is 5. The minimum absolute atomic E-state index is 1.16. The molecule has 1 nitrogen and oxygen atoms in total. The SMILES string of the molecule is CCCCCCc1c2ccccc2cc2cc3cc4ccccc4cc3cc12.CN(C)C. The van der Waals surface area contributed by atoms with Crippen LogP contribution in [0, 0.1) is 0 Å². The van der Waals surface area contributed by atoms with Crippen LogP contribution in [0.5, 0.6) is 0 Å². The monoisotopic (exact) mass is 421 g/mol. The molecule has 0 saturated heterocycles. The predicted molar refractivity (Wildman–Crippen MR) is 144 cm³/mol. The van der Waals surface area contributed by atoms with Crippen LogP contribution in [-0.2, 0) is 6.42 Å². The second-order valence-corrected chi connectivity index (χ2v) is 9.35. The Morgan fingerprint density at radius 1 is 0.531 bits per heavy atom. The summed E-state index contributed by atoms with van der Waals surface area (Å²) in [7, 11) is 6.00. The lowest BCUT2D eigenvalue weighted by Gasteiger charge is -2.13. The smallest absolute Gasteiger partial charge is 0.0139 e. The zero-order chi connectivity index (χ0) is 22.5. The van der Waals surface area contributed by atoms with Crippen LogP contribution in [0.4, 0.5) is 0 Å². The van der Waals surface area contributed by atoms with Crippen LogP contribution in [0.15, 0.2) is 78.9 Å². The summed E-state index contributed by atoms with van der Waals surface area (Å²) in [5.74, 6) is 0. The third kappa shape index (κ3) is 4.95. The summed E-state index contributed by atoms with van der Waals surface area (Å²) < 4.78 is 0. The van der Waals surface area contributed by atoms with Crippen molar-refractivity contribution in [2.24, 2.45) is 0 Å². The van der Waals surface area contributed by atoms with Crippen molar-refractivity contribution >= 4 is 43.1 Å². The van der Waals surface area contributed by atoms with E-state index in [1.807, 2.05) is 26.0 Å². The average molecular weight is 422 g/mol. The fourth-order valence-electron chi connectivity index (χ4n) is 4.60. The molecule has 5 aromatic rings. The molecule has 0 fully saturated rings. The van der Waals surface area contributed by atoms with Crippen LogP contribution in [0.3, 0.4) is 0 Å². The fourth-order valence-corrected chi connectivity index (χ4v) is 4.60. The van der Waals surface area contributed by atoms with Gasteiger partial charge in [-0.25, -0.2) is 0 Å². The summed E-state index contributed by atoms with van der Waals surface area (Å²) in [6.07, 6.45) is 6.37. The van der Waals surface area contributed by atoms with Crippen molar-refractivity contribution in [2.75, 3.05) is 21.1 Å². The van der Waals surface area contributed by atoms with E-state index in [0.717, 1.165) is 6.42 Å². The molecule has 0 heterocycles. The van der Waals surface area contributed by atoms with Gasteiger partial charge in [0.1, 0.15) is 0 Å². The molecular formula is C31H35N. The summed E-state index contributed by atoms with van der Waals surface area (Å²) in [6.45, 7) is 2.28. The van der Waals surface area contributed by atoms with Gasteiger partial charge in [-0.1, -0.05) is 74.7 Å². The summed E-state index contributed by atoms with van der Waals surface area (Å²) in [4.78, 5) is 2.00. The first-order chi connectivity index (χ1) is 15.6. The Bertz CT molecular complexity index is 1340. The van der Waals surface area contributed by atoms with Gasteiger partial charge in [-0.15, -0.1) is 0 Å². The maximum Gasteiger partial charge on any atom is -0.0139 e. The maximum absolute atomic E-state index is 2.43. The van der Waals surface area contributed by atoms with Crippen LogP contribution in [0.2, 0.25) is 0 Å². The van der Waals surface area contributed by atoms with Crippen molar-refractivity contribution in [3.63, 3.8) is 0 Å². The molecule has 0 atom stereocenters. The molecule has 5 aromatic carbocycles. The molecule has 0 spiro atoms. The first-order valence-corrected chi connectivity index (χ1v) is 11.9. The number of hydrogen-bond acceptors (Lipinski definition) is 1. The molecule has 0 radical (unpaired) electrons. The molecular weight excluding hydrogens is 386 g/mol. The lowest BCUT2D eigenvalue weighted by molar-refractivity contribution is 0.505. The molecule has 0 bridgehead atoms. The number of fused-ring (bicyclic) bond motifs is 4. The molecule has 0 saturated carbocycles. The molecule has 0 aliphatic rings. The second kappa shape index (κ2) is 10.1. The van der Waals surface area contributed by atoms with Gasteiger partial charge in [0.2, 0.25) is 0 Å². The van der Waals surface area contributed by atoms with Crippen LogP contribution in [0.25, 0.3) is 43.1 Å². The lowest BCUT2D eigenvalue weighted by Crippen LogP contribution is -1.99. The number of nitrogens with zero attached hydrogens (tertiary/aromatic N) is 1. The van der Waals surface area contributed by atoms with Crippen molar-refractivity contribution in [1.29, 1.82) is 0 Å². The number of aryl methyl sites for hydroxylation is 1. The van der Waals surface area contributed by atoms with Crippen molar-refractivity contribution < 1.29 is 0 Å². The molecule has 5 rings (SSSR count). The first kappa shape index (κ1) is 22.3. The van der Waals surface area contributed by atoms with Crippen LogP contribution in [0.1, 0.15) is 38.2 Å². The van der Waals surface area contributed by atoms with E-state index >= 15 is 0 Å². The van der Waals surface area contributed by atoms with Gasteiger partial charge >= 0.3 is 0 Å². The Kier molecular flexibility index (Phi) is 7.07. The third-order valence-electron chi connectivity index (χ3n) is 6.08. The Morgan fingerprint density at radius 2 is 1.06 bits per heavy atom. The van der Waals surface area contributed by atoms with Gasteiger partial charge in [0, 0.05) is 0 Å². The van der Waals surface area contributed by atoms with Crippen molar-refractivity contribution in [2.45, 2.75) is 39.0 Å². The van der Waals surface area contributed by atoms with E-state index in [1.54, 1.807) is 0 Å². The summed E-state index contributed by atoms with van der Waals surface area (Å²) in [5.41, 5.74) is 1.53. The Labute approximate surface area is 192 Å². The van der Waals surface area contributed by atoms with Gasteiger partial charge in [-0.05, 0) is 113 Å². The van der Waals surface area contributed by atoms with Crippen molar-refractivity contribution in [3.8, 4) is 0 Å². The Balaban J connectivity index is 0.000000567. The van der Waals surface area contributed by atoms with E-state index in [0.29, 0.717) is 0 Å². The van der Waals surface area contributed by atoms with E-state index < -0.39 is 0 Å². The van der Waals surface area contributed by atoms with Crippen LogP contribution < -0.4 is 0 Å².